The Morgan fingerprint density at radius 1 is 0.900 bits per heavy atom. The maximum atomic E-state index is 11.6. The first-order valence-corrected chi connectivity index (χ1v) is 9.97. The fourth-order valence-corrected chi connectivity index (χ4v) is 4.82. The van der Waals surface area contributed by atoms with Crippen LogP contribution < -0.4 is 0 Å². The van der Waals surface area contributed by atoms with Gasteiger partial charge in [0.05, 0.1) is 17.0 Å². The zero-order valence-corrected chi connectivity index (χ0v) is 16.4. The average Bonchev–Trinajstić information content (AvgIpc) is 3.34. The molecule has 6 rings (SSSR count). The molecular weight excluding hydrogens is 372 g/mol. The van der Waals surface area contributed by atoms with Gasteiger partial charge in [-0.1, -0.05) is 48.5 Å². The van der Waals surface area contributed by atoms with Crippen molar-refractivity contribution in [3.05, 3.63) is 89.1 Å². The normalized spacial score (nSPS) is 13.2. The molecule has 0 atom stereocenters. The van der Waals surface area contributed by atoms with Gasteiger partial charge in [-0.05, 0) is 46.8 Å². The number of aliphatic imine (C=N–C) groups is 1. The third-order valence-electron chi connectivity index (χ3n) is 6.12. The van der Waals surface area contributed by atoms with Crippen LogP contribution in [0, 0.1) is 6.92 Å². The summed E-state index contributed by atoms with van der Waals surface area (Å²) in [6.07, 6.45) is 0.683. The van der Waals surface area contributed by atoms with Crippen molar-refractivity contribution in [1.29, 1.82) is 0 Å². The molecule has 0 radical (unpaired) electrons. The Bertz CT molecular complexity index is 1560. The molecule has 0 saturated heterocycles. The number of para-hydroxylation sites is 1. The summed E-state index contributed by atoms with van der Waals surface area (Å²) in [5.41, 5.74) is 6.74. The van der Waals surface area contributed by atoms with E-state index in [9.17, 15) is 9.90 Å². The maximum Gasteiger partial charge on any atom is 0.335 e. The number of aryl methyl sites for hydroxylation is 1. The number of rotatable bonds is 2. The molecule has 0 bridgehead atoms. The number of fused-ring (bicyclic) bond motifs is 7. The summed E-state index contributed by atoms with van der Waals surface area (Å²) in [5.74, 6) is -0.912. The van der Waals surface area contributed by atoms with Gasteiger partial charge in [0.25, 0.3) is 0 Å². The summed E-state index contributed by atoms with van der Waals surface area (Å²) in [6.45, 7) is 2.08. The second kappa shape index (κ2) is 6.04. The van der Waals surface area contributed by atoms with E-state index in [2.05, 4.69) is 36.2 Å². The van der Waals surface area contributed by atoms with Crippen molar-refractivity contribution in [3.63, 3.8) is 0 Å². The van der Waals surface area contributed by atoms with E-state index in [0.29, 0.717) is 12.0 Å². The van der Waals surface area contributed by atoms with Gasteiger partial charge in [-0.15, -0.1) is 0 Å². The molecule has 144 valence electrons. The predicted octanol–water partition coefficient (Wildman–Crippen LogP) is 6.16. The number of carboxylic acids is 1. The lowest BCUT2D eigenvalue weighted by Gasteiger charge is -2.11. The minimum atomic E-state index is -0.912. The minimum absolute atomic E-state index is 0.303. The first-order chi connectivity index (χ1) is 14.6. The van der Waals surface area contributed by atoms with Gasteiger partial charge in [-0.2, -0.15) is 0 Å². The molecular formula is C26H18N2O2. The molecule has 1 aliphatic heterocycles. The Morgan fingerprint density at radius 3 is 2.40 bits per heavy atom. The van der Waals surface area contributed by atoms with Crippen molar-refractivity contribution < 1.29 is 9.90 Å². The van der Waals surface area contributed by atoms with E-state index in [1.54, 1.807) is 12.1 Å². The largest absolute Gasteiger partial charge is 0.478 e. The van der Waals surface area contributed by atoms with Gasteiger partial charge < -0.3 is 10.1 Å². The Labute approximate surface area is 172 Å². The fourth-order valence-electron chi connectivity index (χ4n) is 4.82. The Balaban J connectivity index is 1.67. The van der Waals surface area contributed by atoms with E-state index in [-0.39, 0.29) is 0 Å². The fraction of sp³-hybridized carbons (Fsp3) is 0.0769. The Morgan fingerprint density at radius 2 is 1.60 bits per heavy atom. The Kier molecular flexibility index (Phi) is 3.42. The molecule has 2 heterocycles. The van der Waals surface area contributed by atoms with Crippen molar-refractivity contribution >= 4 is 49.8 Å². The summed E-state index contributed by atoms with van der Waals surface area (Å²) in [6, 6.07) is 21.9. The first-order valence-electron chi connectivity index (χ1n) is 9.97. The number of hydrogen-bond donors (Lipinski definition) is 2. The smallest absolute Gasteiger partial charge is 0.335 e. The van der Waals surface area contributed by atoms with Crippen LogP contribution in [-0.2, 0) is 6.42 Å². The summed E-state index contributed by atoms with van der Waals surface area (Å²) < 4.78 is 0. The van der Waals surface area contributed by atoms with E-state index in [4.69, 9.17) is 4.99 Å². The van der Waals surface area contributed by atoms with Gasteiger partial charge >= 0.3 is 5.97 Å². The second-order valence-corrected chi connectivity index (χ2v) is 7.84. The van der Waals surface area contributed by atoms with Crippen molar-refractivity contribution in [3.8, 4) is 0 Å². The van der Waals surface area contributed by atoms with Crippen molar-refractivity contribution in [2.24, 2.45) is 4.99 Å². The number of aromatic nitrogens is 1. The second-order valence-electron chi connectivity index (χ2n) is 7.84. The number of carboxylic acid groups (broad SMARTS) is 1. The number of hydrogen-bond acceptors (Lipinski definition) is 2. The summed E-state index contributed by atoms with van der Waals surface area (Å²) >= 11 is 0. The molecule has 4 aromatic carbocycles. The van der Waals surface area contributed by atoms with Crippen molar-refractivity contribution in [2.45, 2.75) is 13.3 Å². The predicted molar refractivity (Wildman–Crippen MR) is 121 cm³/mol. The van der Waals surface area contributed by atoms with Crippen LogP contribution in [0.25, 0.3) is 32.4 Å². The monoisotopic (exact) mass is 390 g/mol. The average molecular weight is 390 g/mol. The van der Waals surface area contributed by atoms with Gasteiger partial charge in [-0.3, -0.25) is 4.99 Å². The standard InChI is InChI=1S/C26H18N2O2/c1-14-24(19-8-4-5-9-22(19)27-14)23-13-21-20-12-15(26(29)30)10-11-17(20)16-6-2-3-7-18(16)25(21)28-23/h2-12,27H,13H2,1H3,(H,29,30). The molecule has 1 aliphatic rings. The third kappa shape index (κ3) is 2.28. The number of nitrogens with one attached hydrogen (secondary N) is 1. The zero-order valence-electron chi connectivity index (χ0n) is 16.4. The van der Waals surface area contributed by atoms with Crippen LogP contribution in [0.4, 0.5) is 5.69 Å². The lowest BCUT2D eigenvalue weighted by atomic mass is 9.92. The van der Waals surface area contributed by atoms with Crippen LogP contribution in [0.5, 0.6) is 0 Å². The van der Waals surface area contributed by atoms with Gasteiger partial charge in [0.15, 0.2) is 0 Å². The zero-order chi connectivity index (χ0) is 20.4. The van der Waals surface area contributed by atoms with Crippen LogP contribution in [0.15, 0.2) is 71.7 Å². The number of nitrogens with zero attached hydrogens (tertiary/aromatic N) is 1. The van der Waals surface area contributed by atoms with E-state index in [1.807, 2.05) is 30.3 Å². The molecule has 1 aromatic heterocycles. The highest BCUT2D eigenvalue weighted by atomic mass is 16.4. The summed E-state index contributed by atoms with van der Waals surface area (Å²) in [5, 5.41) is 14.9. The maximum absolute atomic E-state index is 11.6. The highest BCUT2D eigenvalue weighted by Crippen LogP contribution is 2.43. The van der Waals surface area contributed by atoms with Crippen LogP contribution in [0.1, 0.15) is 27.2 Å². The van der Waals surface area contributed by atoms with Gasteiger partial charge in [0, 0.05) is 34.0 Å². The molecule has 0 aliphatic carbocycles. The SMILES string of the molecule is Cc1[nH]c2ccccc2c1C1=Nc2c(c3cc(C(=O)O)ccc3c3ccccc23)C1. The Hall–Kier alpha value is -3.92. The molecule has 0 fully saturated rings. The van der Waals surface area contributed by atoms with Crippen LogP contribution in [-0.4, -0.2) is 21.8 Å². The molecule has 0 unspecified atom stereocenters. The molecule has 5 aromatic rings. The first kappa shape index (κ1) is 17.0. The van der Waals surface area contributed by atoms with Crippen LogP contribution >= 0.6 is 0 Å². The van der Waals surface area contributed by atoms with E-state index < -0.39 is 5.97 Å². The molecule has 2 N–H and O–H groups in total. The highest BCUT2D eigenvalue weighted by molar-refractivity contribution is 6.23. The van der Waals surface area contributed by atoms with Gasteiger partial charge in [-0.25, -0.2) is 4.79 Å². The number of carbonyl (C=O) groups is 1. The summed E-state index contributed by atoms with van der Waals surface area (Å²) in [4.78, 5) is 20.2. The van der Waals surface area contributed by atoms with E-state index >= 15 is 0 Å². The van der Waals surface area contributed by atoms with E-state index in [0.717, 1.165) is 55.3 Å². The molecule has 0 amide bonds. The van der Waals surface area contributed by atoms with Crippen LogP contribution in [0.3, 0.4) is 0 Å². The number of aromatic carboxylic acids is 1. The summed E-state index contributed by atoms with van der Waals surface area (Å²) in [7, 11) is 0. The van der Waals surface area contributed by atoms with Crippen LogP contribution in [0.2, 0.25) is 0 Å². The quantitative estimate of drug-likeness (QED) is 0.355. The van der Waals surface area contributed by atoms with Crippen molar-refractivity contribution in [1.82, 2.24) is 4.98 Å². The minimum Gasteiger partial charge on any atom is -0.478 e. The number of benzene rings is 4. The van der Waals surface area contributed by atoms with E-state index in [1.165, 1.54) is 5.39 Å². The molecule has 4 nitrogen and oxygen atoms in total. The molecule has 0 saturated carbocycles. The number of H-pyrrole nitrogens is 1. The molecule has 4 heteroatoms. The van der Waals surface area contributed by atoms with Crippen molar-refractivity contribution in [2.75, 3.05) is 0 Å². The molecule has 0 spiro atoms. The number of aromatic amines is 1. The lowest BCUT2D eigenvalue weighted by molar-refractivity contribution is 0.0697. The topological polar surface area (TPSA) is 65.5 Å². The third-order valence-corrected chi connectivity index (χ3v) is 6.12. The lowest BCUT2D eigenvalue weighted by Crippen LogP contribution is -2.02. The highest BCUT2D eigenvalue weighted by Gasteiger charge is 2.25. The molecule has 30 heavy (non-hydrogen) atoms. The van der Waals surface area contributed by atoms with Gasteiger partial charge in [0.2, 0.25) is 0 Å². The van der Waals surface area contributed by atoms with Gasteiger partial charge in [0.1, 0.15) is 0 Å².